The predicted octanol–water partition coefficient (Wildman–Crippen LogP) is 2.02. The zero-order chi connectivity index (χ0) is 17.8. The number of alkyl halides is 3. The second-order valence-electron chi connectivity index (χ2n) is 4.08. The molecule has 1 aromatic carbocycles. The number of carboxylic acids is 1. The van der Waals surface area contributed by atoms with Crippen molar-refractivity contribution < 1.29 is 37.1 Å². The fourth-order valence-corrected chi connectivity index (χ4v) is 1.53. The van der Waals surface area contributed by atoms with E-state index in [1.54, 1.807) is 10.9 Å². The summed E-state index contributed by atoms with van der Waals surface area (Å²) in [5.74, 6) is 0.696. The number of hydrogen-bond donors (Lipinski definition) is 3. The predicted molar refractivity (Wildman–Crippen MR) is 73.7 cm³/mol. The van der Waals surface area contributed by atoms with Crippen molar-refractivity contribution >= 4 is 22.8 Å². The second-order valence-corrected chi connectivity index (χ2v) is 4.08. The number of aliphatic carboxylic acids is 1. The maximum absolute atomic E-state index is 13.2. The van der Waals surface area contributed by atoms with E-state index >= 15 is 0 Å². The lowest BCUT2D eigenvalue weighted by Crippen LogP contribution is -2.21. The minimum absolute atomic E-state index is 0. The van der Waals surface area contributed by atoms with Gasteiger partial charge in [0.15, 0.2) is 0 Å². The molecule has 0 atom stereocenters. The van der Waals surface area contributed by atoms with Crippen molar-refractivity contribution in [3.8, 4) is 0 Å². The maximum Gasteiger partial charge on any atom is 0.490 e. The van der Waals surface area contributed by atoms with Crippen molar-refractivity contribution in [2.24, 2.45) is 5.90 Å². The number of rotatable bonds is 2. The lowest BCUT2D eigenvalue weighted by Gasteiger charge is -1.99. The number of halogens is 4. The number of benzene rings is 1. The number of carbonyl (C=O) groups is 2. The molecule has 0 spiro atoms. The fraction of sp³-hybridized carbons (Fsp3) is 0.250. The molecule has 12 heteroatoms. The molecule has 0 saturated carbocycles. The topological polar surface area (TPSA) is 142 Å². The molecule has 0 bridgehead atoms. The molecular formula is C12H14F4N4O4. The molecular weight excluding hydrogens is 340 g/mol. The summed E-state index contributed by atoms with van der Waals surface area (Å²) in [6.07, 6.45) is -3.42. The van der Waals surface area contributed by atoms with E-state index in [1.165, 1.54) is 6.07 Å². The van der Waals surface area contributed by atoms with E-state index in [-0.39, 0.29) is 11.7 Å². The molecule has 0 aliphatic heterocycles. The van der Waals surface area contributed by atoms with Crippen molar-refractivity contribution in [3.05, 3.63) is 29.7 Å². The molecule has 24 heavy (non-hydrogen) atoms. The van der Waals surface area contributed by atoms with Crippen molar-refractivity contribution in [1.82, 2.24) is 15.9 Å². The second kappa shape index (κ2) is 8.21. The quantitative estimate of drug-likeness (QED) is 0.553. The molecule has 1 aromatic heterocycles. The normalized spacial score (nSPS) is 10.4. The highest BCUT2D eigenvalue weighted by Crippen LogP contribution is 2.20. The highest BCUT2D eigenvalue weighted by atomic mass is 19.4. The van der Waals surface area contributed by atoms with Crippen LogP contribution in [0.15, 0.2) is 18.3 Å². The van der Waals surface area contributed by atoms with Crippen LogP contribution in [0.4, 0.5) is 17.6 Å². The zero-order valence-electron chi connectivity index (χ0n) is 12.3. The van der Waals surface area contributed by atoms with Crippen molar-refractivity contribution in [2.45, 2.75) is 19.6 Å². The van der Waals surface area contributed by atoms with Gasteiger partial charge in [0.2, 0.25) is 0 Å². The average Bonchev–Trinajstić information content (AvgIpc) is 2.88. The Balaban J connectivity index is 0.000000570. The molecule has 0 aliphatic rings. The Morgan fingerprint density at radius 2 is 1.92 bits per heavy atom. The third kappa shape index (κ3) is 5.17. The molecule has 0 radical (unpaired) electrons. The van der Waals surface area contributed by atoms with E-state index in [4.69, 9.17) is 15.8 Å². The molecule has 6 N–H and O–H groups in total. The Bertz CT molecular complexity index is 730. The first-order chi connectivity index (χ1) is 10.6. The van der Waals surface area contributed by atoms with Crippen molar-refractivity contribution in [1.29, 1.82) is 0 Å². The number of fused-ring (bicyclic) bond motifs is 1. The number of aromatic nitrogens is 2. The summed E-state index contributed by atoms with van der Waals surface area (Å²) < 4.78 is 46.6. The minimum atomic E-state index is -5.08. The van der Waals surface area contributed by atoms with Crippen LogP contribution >= 0.6 is 0 Å². The summed E-state index contributed by atoms with van der Waals surface area (Å²) in [7, 11) is 0. The summed E-state index contributed by atoms with van der Waals surface area (Å²) in [6, 6.07) is 2.37. The number of carbonyl (C=O) groups excluding carboxylic acids is 1. The van der Waals surface area contributed by atoms with Gasteiger partial charge in [-0.15, -0.1) is 0 Å². The number of hydrogen-bond acceptors (Lipinski definition) is 6. The molecule has 0 saturated heterocycles. The highest BCUT2D eigenvalue weighted by Gasteiger charge is 2.38. The molecule has 2 rings (SSSR count). The van der Waals surface area contributed by atoms with E-state index in [0.29, 0.717) is 17.4 Å². The molecule has 0 amide bonds. The van der Waals surface area contributed by atoms with Gasteiger partial charge in [0.1, 0.15) is 11.3 Å². The SMILES string of the molecule is CCn1cc2cc(F)cc(C(=O)ON)c2n1.N.O=C(O)C(F)(F)F. The number of nitrogens with zero attached hydrogens (tertiary/aromatic N) is 2. The van der Waals surface area contributed by atoms with Gasteiger partial charge in [-0.25, -0.2) is 14.0 Å². The van der Waals surface area contributed by atoms with Crippen LogP contribution in [0, 0.1) is 5.82 Å². The Morgan fingerprint density at radius 1 is 1.38 bits per heavy atom. The molecule has 0 aliphatic carbocycles. The third-order valence-electron chi connectivity index (χ3n) is 2.51. The van der Waals surface area contributed by atoms with Crippen molar-refractivity contribution in [3.63, 3.8) is 0 Å². The summed E-state index contributed by atoms with van der Waals surface area (Å²) >= 11 is 0. The third-order valence-corrected chi connectivity index (χ3v) is 2.51. The van der Waals surface area contributed by atoms with Crippen LogP contribution in [0.5, 0.6) is 0 Å². The van der Waals surface area contributed by atoms with Crippen LogP contribution in [0.25, 0.3) is 10.9 Å². The number of aryl methyl sites for hydroxylation is 1. The summed E-state index contributed by atoms with van der Waals surface area (Å²) in [5, 5.41) is 11.8. The standard InChI is InChI=1S/C10H10FN3O2.C2HF3O2.H3N/c1-2-14-5-6-3-7(11)4-8(9(6)13-14)10(15)16-12;3-2(4,5)1(6)7;/h3-5H,2,12H2,1H3;(H,6,7);1H3. The Hall–Kier alpha value is -2.73. The Kier molecular flexibility index (Phi) is 7.28. The van der Waals surface area contributed by atoms with E-state index < -0.39 is 23.9 Å². The molecule has 2 aromatic rings. The van der Waals surface area contributed by atoms with Crippen LogP contribution in [0.1, 0.15) is 17.3 Å². The average molecular weight is 354 g/mol. The van der Waals surface area contributed by atoms with Gasteiger partial charge >= 0.3 is 18.1 Å². The van der Waals surface area contributed by atoms with Crippen molar-refractivity contribution in [2.75, 3.05) is 0 Å². The van der Waals surface area contributed by atoms with Crippen LogP contribution in [-0.4, -0.2) is 33.0 Å². The van der Waals surface area contributed by atoms with Crippen LogP contribution in [0.2, 0.25) is 0 Å². The van der Waals surface area contributed by atoms with E-state index in [2.05, 4.69) is 9.94 Å². The summed E-state index contributed by atoms with van der Waals surface area (Å²) in [4.78, 5) is 24.3. The fourth-order valence-electron chi connectivity index (χ4n) is 1.53. The van der Waals surface area contributed by atoms with Gasteiger partial charge in [-0.1, -0.05) is 0 Å². The first kappa shape index (κ1) is 21.3. The first-order valence-corrected chi connectivity index (χ1v) is 5.98. The number of nitrogens with two attached hydrogens (primary N) is 1. The van der Waals surface area contributed by atoms with Crippen LogP contribution in [0.3, 0.4) is 0 Å². The van der Waals surface area contributed by atoms with Gasteiger partial charge in [-0.05, 0) is 19.1 Å². The molecule has 0 unspecified atom stereocenters. The van der Waals surface area contributed by atoms with Gasteiger partial charge < -0.3 is 16.1 Å². The lowest BCUT2D eigenvalue weighted by atomic mass is 10.1. The Labute approximate surface area is 132 Å². The van der Waals surface area contributed by atoms with E-state index in [9.17, 15) is 22.4 Å². The monoisotopic (exact) mass is 354 g/mol. The molecule has 0 fully saturated rings. The summed E-state index contributed by atoms with van der Waals surface area (Å²) in [5.41, 5.74) is 0.420. The smallest absolute Gasteiger partial charge is 0.475 e. The van der Waals surface area contributed by atoms with Crippen LogP contribution in [-0.2, 0) is 16.2 Å². The van der Waals surface area contributed by atoms with Gasteiger partial charge in [0.05, 0.1) is 5.56 Å². The molecule has 8 nitrogen and oxygen atoms in total. The maximum atomic E-state index is 13.2. The summed E-state index contributed by atoms with van der Waals surface area (Å²) in [6.45, 7) is 2.52. The first-order valence-electron chi connectivity index (χ1n) is 5.98. The van der Waals surface area contributed by atoms with E-state index in [1.807, 2.05) is 6.92 Å². The largest absolute Gasteiger partial charge is 0.490 e. The van der Waals surface area contributed by atoms with Crippen LogP contribution < -0.4 is 12.0 Å². The van der Waals surface area contributed by atoms with E-state index in [0.717, 1.165) is 6.07 Å². The molecule has 1 heterocycles. The molecule has 134 valence electrons. The number of carboxylic acid groups (broad SMARTS) is 1. The van der Waals surface area contributed by atoms with Gasteiger partial charge in [-0.3, -0.25) is 4.68 Å². The highest BCUT2D eigenvalue weighted by molar-refractivity contribution is 6.02. The Morgan fingerprint density at radius 3 is 2.33 bits per heavy atom. The lowest BCUT2D eigenvalue weighted by molar-refractivity contribution is -0.192. The van der Waals surface area contributed by atoms with Gasteiger partial charge in [-0.2, -0.15) is 24.2 Å². The zero-order valence-corrected chi connectivity index (χ0v) is 12.3. The van der Waals surface area contributed by atoms with Gasteiger partial charge in [0, 0.05) is 18.1 Å². The van der Waals surface area contributed by atoms with Gasteiger partial charge in [0.25, 0.3) is 0 Å². The minimum Gasteiger partial charge on any atom is -0.475 e.